The van der Waals surface area contributed by atoms with Gasteiger partial charge in [0.05, 0.1) is 0 Å². The molecule has 0 aliphatic heterocycles. The van der Waals surface area contributed by atoms with E-state index < -0.39 is 0 Å². The van der Waals surface area contributed by atoms with E-state index in [-0.39, 0.29) is 11.4 Å². The molecule has 2 aromatic rings. The summed E-state index contributed by atoms with van der Waals surface area (Å²) in [6, 6.07) is 10.9. The minimum atomic E-state index is 0.0102. The zero-order valence-corrected chi connectivity index (χ0v) is 14.7. The van der Waals surface area contributed by atoms with E-state index in [1.165, 1.54) is 19.3 Å². The highest BCUT2D eigenvalue weighted by Gasteiger charge is 2.51. The Balaban J connectivity index is 1.37. The Morgan fingerprint density at radius 1 is 1.04 bits per heavy atom. The van der Waals surface area contributed by atoms with Gasteiger partial charge >= 0.3 is 0 Å². The fourth-order valence-corrected chi connectivity index (χ4v) is 5.96. The van der Waals surface area contributed by atoms with Crippen molar-refractivity contribution in [3.05, 3.63) is 47.7 Å². The van der Waals surface area contributed by atoms with Crippen molar-refractivity contribution >= 4 is 12.2 Å². The minimum absolute atomic E-state index is 0.0102. The number of hydrogen-bond acceptors (Lipinski definition) is 3. The van der Waals surface area contributed by atoms with Gasteiger partial charge < -0.3 is 9.73 Å². The zero-order valence-electron chi connectivity index (χ0n) is 14.7. The Hall–Kier alpha value is -2.36. The van der Waals surface area contributed by atoms with Crippen LogP contribution in [0.1, 0.15) is 59.4 Å². The van der Waals surface area contributed by atoms with Crippen LogP contribution in [0.4, 0.5) is 0 Å². The first kappa shape index (κ1) is 15.9. The molecule has 4 aliphatic rings. The Morgan fingerprint density at radius 3 is 2.35 bits per heavy atom. The van der Waals surface area contributed by atoms with Crippen molar-refractivity contribution in [1.82, 2.24) is 5.32 Å². The van der Waals surface area contributed by atoms with Crippen LogP contribution in [0, 0.1) is 17.8 Å². The van der Waals surface area contributed by atoms with Crippen molar-refractivity contribution in [1.29, 1.82) is 0 Å². The summed E-state index contributed by atoms with van der Waals surface area (Å²) in [5.74, 6) is 3.32. The molecule has 4 aliphatic carbocycles. The maximum absolute atomic E-state index is 13.0. The Morgan fingerprint density at radius 2 is 1.73 bits per heavy atom. The molecule has 4 bridgehead atoms. The van der Waals surface area contributed by atoms with E-state index in [1.54, 1.807) is 12.1 Å². The van der Waals surface area contributed by atoms with Crippen molar-refractivity contribution in [2.45, 2.75) is 44.1 Å². The molecular formula is C22H23NO3. The van der Waals surface area contributed by atoms with Gasteiger partial charge in [0.15, 0.2) is 12.0 Å². The summed E-state index contributed by atoms with van der Waals surface area (Å²) < 4.78 is 5.49. The SMILES string of the molecule is O=Cc1ccc(-c2cccc(C(=O)NC34CC5CC(CC(C5)C3)C4)c2)o1. The molecule has 1 aromatic carbocycles. The Bertz CT molecular complexity index is 830. The second-order valence-electron chi connectivity index (χ2n) is 8.55. The van der Waals surface area contributed by atoms with Crippen LogP contribution >= 0.6 is 0 Å². The molecule has 1 aromatic heterocycles. The summed E-state index contributed by atoms with van der Waals surface area (Å²) in [6.07, 6.45) is 8.21. The van der Waals surface area contributed by atoms with E-state index in [9.17, 15) is 9.59 Å². The van der Waals surface area contributed by atoms with Gasteiger partial charge in [-0.25, -0.2) is 0 Å². The highest BCUT2D eigenvalue weighted by Crippen LogP contribution is 2.55. The van der Waals surface area contributed by atoms with E-state index in [0.29, 0.717) is 23.4 Å². The van der Waals surface area contributed by atoms with Crippen LogP contribution in [-0.2, 0) is 0 Å². The van der Waals surface area contributed by atoms with Crippen LogP contribution in [0.15, 0.2) is 40.8 Å². The van der Waals surface area contributed by atoms with Gasteiger partial charge in [-0.1, -0.05) is 12.1 Å². The smallest absolute Gasteiger partial charge is 0.251 e. The molecule has 4 heteroatoms. The quantitative estimate of drug-likeness (QED) is 0.829. The normalized spacial score (nSPS) is 31.8. The van der Waals surface area contributed by atoms with Gasteiger partial charge in [0.2, 0.25) is 0 Å². The predicted molar refractivity (Wildman–Crippen MR) is 97.9 cm³/mol. The first-order chi connectivity index (χ1) is 12.6. The van der Waals surface area contributed by atoms with Gasteiger partial charge in [-0.05, 0) is 80.5 Å². The highest BCUT2D eigenvalue weighted by molar-refractivity contribution is 5.95. The van der Waals surface area contributed by atoms with Gasteiger partial charge in [-0.2, -0.15) is 0 Å². The van der Waals surface area contributed by atoms with Crippen LogP contribution in [-0.4, -0.2) is 17.7 Å². The Labute approximate surface area is 153 Å². The van der Waals surface area contributed by atoms with Gasteiger partial charge in [-0.3, -0.25) is 9.59 Å². The van der Waals surface area contributed by atoms with Crippen molar-refractivity contribution in [2.24, 2.45) is 17.8 Å². The zero-order chi connectivity index (χ0) is 17.7. The minimum Gasteiger partial charge on any atom is -0.453 e. The summed E-state index contributed by atoms with van der Waals surface area (Å²) in [5.41, 5.74) is 1.48. The number of furan rings is 1. The van der Waals surface area contributed by atoms with Crippen LogP contribution in [0.2, 0.25) is 0 Å². The van der Waals surface area contributed by atoms with Gasteiger partial charge in [-0.15, -0.1) is 0 Å². The largest absolute Gasteiger partial charge is 0.453 e. The number of carbonyl (C=O) groups is 2. The summed E-state index contributed by atoms with van der Waals surface area (Å²) in [5, 5.41) is 3.41. The Kier molecular flexibility index (Phi) is 3.56. The molecule has 4 nitrogen and oxygen atoms in total. The number of carbonyl (C=O) groups excluding carboxylic acids is 2. The molecule has 1 N–H and O–H groups in total. The molecule has 4 fully saturated rings. The summed E-state index contributed by atoms with van der Waals surface area (Å²) >= 11 is 0. The van der Waals surface area contributed by atoms with E-state index in [0.717, 1.165) is 42.6 Å². The average Bonchev–Trinajstić information content (AvgIpc) is 3.09. The van der Waals surface area contributed by atoms with Crippen molar-refractivity contribution in [3.63, 3.8) is 0 Å². The fraction of sp³-hybridized carbons (Fsp3) is 0.455. The highest BCUT2D eigenvalue weighted by atomic mass is 16.3. The first-order valence-electron chi connectivity index (χ1n) is 9.60. The molecule has 1 amide bonds. The third-order valence-corrected chi connectivity index (χ3v) is 6.57. The summed E-state index contributed by atoms with van der Waals surface area (Å²) in [6.45, 7) is 0. The van der Waals surface area contributed by atoms with Crippen molar-refractivity contribution in [2.75, 3.05) is 0 Å². The molecule has 0 spiro atoms. The third-order valence-electron chi connectivity index (χ3n) is 6.57. The lowest BCUT2D eigenvalue weighted by molar-refractivity contribution is -0.0167. The molecule has 0 unspecified atom stereocenters. The topological polar surface area (TPSA) is 59.3 Å². The van der Waals surface area contributed by atoms with E-state index >= 15 is 0 Å². The molecule has 0 atom stereocenters. The van der Waals surface area contributed by atoms with Crippen LogP contribution in [0.3, 0.4) is 0 Å². The molecule has 1 heterocycles. The lowest BCUT2D eigenvalue weighted by atomic mass is 9.53. The molecule has 0 radical (unpaired) electrons. The number of hydrogen-bond donors (Lipinski definition) is 1. The standard InChI is InChI=1S/C22H23NO3/c24-13-19-4-5-20(26-19)17-2-1-3-18(9-17)21(25)23-22-10-14-6-15(11-22)8-16(7-14)12-22/h1-5,9,13-16H,6-8,10-12H2,(H,23,25). The van der Waals surface area contributed by atoms with E-state index in [1.807, 2.05) is 24.3 Å². The fourth-order valence-electron chi connectivity index (χ4n) is 5.96. The second-order valence-corrected chi connectivity index (χ2v) is 8.55. The lowest BCUT2D eigenvalue weighted by Gasteiger charge is -2.56. The molecule has 4 saturated carbocycles. The third kappa shape index (κ3) is 2.68. The molecule has 26 heavy (non-hydrogen) atoms. The summed E-state index contributed by atoms with van der Waals surface area (Å²) in [4.78, 5) is 23.8. The maximum atomic E-state index is 13.0. The number of nitrogens with one attached hydrogen (secondary N) is 1. The van der Waals surface area contributed by atoms with Gasteiger partial charge in [0.25, 0.3) is 5.91 Å². The number of rotatable bonds is 4. The maximum Gasteiger partial charge on any atom is 0.251 e. The number of benzene rings is 1. The molecule has 0 saturated heterocycles. The monoisotopic (exact) mass is 349 g/mol. The van der Waals surface area contributed by atoms with Crippen molar-refractivity contribution in [3.8, 4) is 11.3 Å². The average molecular weight is 349 g/mol. The number of amides is 1. The van der Waals surface area contributed by atoms with Crippen molar-refractivity contribution < 1.29 is 14.0 Å². The second kappa shape index (κ2) is 5.83. The molecule has 134 valence electrons. The number of aldehydes is 1. The van der Waals surface area contributed by atoms with Gasteiger partial charge in [0.1, 0.15) is 5.76 Å². The van der Waals surface area contributed by atoms with E-state index in [4.69, 9.17) is 4.42 Å². The lowest BCUT2D eigenvalue weighted by Crippen LogP contribution is -2.59. The predicted octanol–water partition coefficient (Wildman–Crippen LogP) is 4.46. The molecular weight excluding hydrogens is 326 g/mol. The van der Waals surface area contributed by atoms with Crippen LogP contribution < -0.4 is 5.32 Å². The van der Waals surface area contributed by atoms with Crippen LogP contribution in [0.5, 0.6) is 0 Å². The molecule has 6 rings (SSSR count). The van der Waals surface area contributed by atoms with Crippen LogP contribution in [0.25, 0.3) is 11.3 Å². The van der Waals surface area contributed by atoms with Gasteiger partial charge in [0, 0.05) is 16.7 Å². The van der Waals surface area contributed by atoms with E-state index in [2.05, 4.69) is 5.32 Å². The summed E-state index contributed by atoms with van der Waals surface area (Å²) in [7, 11) is 0. The first-order valence-corrected chi connectivity index (χ1v) is 9.60.